The van der Waals surface area contributed by atoms with E-state index in [1.807, 2.05) is 26.0 Å². The Morgan fingerprint density at radius 1 is 1.44 bits per heavy atom. The molecule has 1 N–H and O–H groups in total. The summed E-state index contributed by atoms with van der Waals surface area (Å²) in [6.45, 7) is 4.82. The molecular formula is C12H14N2O2. The minimum atomic E-state index is -0.148. The molecule has 0 radical (unpaired) electrons. The molecule has 4 heteroatoms. The highest BCUT2D eigenvalue weighted by Gasteiger charge is 2.15. The van der Waals surface area contributed by atoms with E-state index in [0.717, 1.165) is 22.6 Å². The van der Waals surface area contributed by atoms with Crippen LogP contribution in [0.1, 0.15) is 18.1 Å². The van der Waals surface area contributed by atoms with Gasteiger partial charge in [-0.25, -0.2) is 0 Å². The highest BCUT2D eigenvalue weighted by Crippen LogP contribution is 2.34. The molecule has 0 spiro atoms. The van der Waals surface area contributed by atoms with Gasteiger partial charge in [-0.15, -0.1) is 0 Å². The van der Waals surface area contributed by atoms with Gasteiger partial charge in [-0.3, -0.25) is 5.32 Å². The Hall–Kier alpha value is -1.73. The first-order valence-corrected chi connectivity index (χ1v) is 5.23. The van der Waals surface area contributed by atoms with Crippen LogP contribution in [-0.2, 0) is 6.54 Å². The van der Waals surface area contributed by atoms with Crippen molar-refractivity contribution >= 4 is 0 Å². The van der Waals surface area contributed by atoms with Gasteiger partial charge >= 0.3 is 0 Å². The van der Waals surface area contributed by atoms with Gasteiger partial charge in [0.05, 0.1) is 12.1 Å². The second-order valence-electron chi connectivity index (χ2n) is 3.86. The van der Waals surface area contributed by atoms with E-state index in [-0.39, 0.29) is 6.04 Å². The first-order valence-electron chi connectivity index (χ1n) is 5.23. The van der Waals surface area contributed by atoms with Crippen LogP contribution in [0.4, 0.5) is 0 Å². The molecule has 2 rings (SSSR count). The number of aryl methyl sites for hydroxylation is 1. The summed E-state index contributed by atoms with van der Waals surface area (Å²) in [7, 11) is 0. The second kappa shape index (κ2) is 4.42. The number of ether oxygens (including phenoxy) is 2. The van der Waals surface area contributed by atoms with E-state index < -0.39 is 0 Å². The molecule has 1 aliphatic rings. The fourth-order valence-electron chi connectivity index (χ4n) is 1.58. The first kappa shape index (κ1) is 10.8. The van der Waals surface area contributed by atoms with Gasteiger partial charge in [0.15, 0.2) is 11.5 Å². The molecule has 16 heavy (non-hydrogen) atoms. The van der Waals surface area contributed by atoms with Crippen LogP contribution in [0.3, 0.4) is 0 Å². The molecule has 1 aromatic carbocycles. The standard InChI is InChI=1S/C12H14N2O2/c1-8-3-11-12(16-7-15-11)4-10(8)6-14-9(2)5-13/h3-4,9,14H,6-7H2,1-2H3. The van der Waals surface area contributed by atoms with Crippen LogP contribution < -0.4 is 14.8 Å². The van der Waals surface area contributed by atoms with E-state index in [0.29, 0.717) is 13.3 Å². The van der Waals surface area contributed by atoms with E-state index in [1.165, 1.54) is 0 Å². The monoisotopic (exact) mass is 218 g/mol. The molecule has 1 aliphatic heterocycles. The third-order valence-electron chi connectivity index (χ3n) is 2.62. The van der Waals surface area contributed by atoms with Crippen LogP contribution in [0.25, 0.3) is 0 Å². The molecule has 84 valence electrons. The Morgan fingerprint density at radius 2 is 2.12 bits per heavy atom. The lowest BCUT2D eigenvalue weighted by molar-refractivity contribution is 0.174. The lowest BCUT2D eigenvalue weighted by atomic mass is 10.1. The minimum absolute atomic E-state index is 0.148. The average molecular weight is 218 g/mol. The van der Waals surface area contributed by atoms with Crippen molar-refractivity contribution in [2.24, 2.45) is 0 Å². The van der Waals surface area contributed by atoms with Gasteiger partial charge in [0.25, 0.3) is 0 Å². The van der Waals surface area contributed by atoms with Crippen molar-refractivity contribution < 1.29 is 9.47 Å². The van der Waals surface area contributed by atoms with Crippen LogP contribution in [0, 0.1) is 18.3 Å². The quantitative estimate of drug-likeness (QED) is 0.839. The molecule has 0 fully saturated rings. The molecule has 0 bridgehead atoms. The maximum absolute atomic E-state index is 8.68. The maximum Gasteiger partial charge on any atom is 0.231 e. The fourth-order valence-corrected chi connectivity index (χ4v) is 1.58. The zero-order valence-electron chi connectivity index (χ0n) is 9.41. The van der Waals surface area contributed by atoms with Gasteiger partial charge in [-0.05, 0) is 37.1 Å². The summed E-state index contributed by atoms with van der Waals surface area (Å²) in [4.78, 5) is 0. The highest BCUT2D eigenvalue weighted by atomic mass is 16.7. The summed E-state index contributed by atoms with van der Waals surface area (Å²) < 4.78 is 10.6. The smallest absolute Gasteiger partial charge is 0.231 e. The van der Waals surface area contributed by atoms with Gasteiger partial charge in [0.1, 0.15) is 0 Å². The van der Waals surface area contributed by atoms with Crippen LogP contribution >= 0.6 is 0 Å². The molecule has 0 aliphatic carbocycles. The number of fused-ring (bicyclic) bond motifs is 1. The molecule has 1 heterocycles. The lowest BCUT2D eigenvalue weighted by Gasteiger charge is -2.10. The van der Waals surface area contributed by atoms with E-state index >= 15 is 0 Å². The minimum Gasteiger partial charge on any atom is -0.454 e. The van der Waals surface area contributed by atoms with Crippen LogP contribution in [0.5, 0.6) is 11.5 Å². The number of benzene rings is 1. The number of hydrogen-bond donors (Lipinski definition) is 1. The summed E-state index contributed by atoms with van der Waals surface area (Å²) in [5, 5.41) is 11.8. The highest BCUT2D eigenvalue weighted by molar-refractivity contribution is 5.48. The SMILES string of the molecule is Cc1cc2c(cc1CNC(C)C#N)OCO2. The van der Waals surface area contributed by atoms with Crippen molar-refractivity contribution in [3.8, 4) is 17.6 Å². The van der Waals surface area contributed by atoms with Gasteiger partial charge in [0.2, 0.25) is 6.79 Å². The predicted molar refractivity (Wildman–Crippen MR) is 59.2 cm³/mol. The third kappa shape index (κ3) is 2.10. The Kier molecular flexibility index (Phi) is 2.97. The number of nitrogens with zero attached hydrogens (tertiary/aromatic N) is 1. The van der Waals surface area contributed by atoms with Crippen molar-refractivity contribution in [3.05, 3.63) is 23.3 Å². The molecule has 1 unspecified atom stereocenters. The fraction of sp³-hybridized carbons (Fsp3) is 0.417. The van der Waals surface area contributed by atoms with Crippen LogP contribution in [-0.4, -0.2) is 12.8 Å². The second-order valence-corrected chi connectivity index (χ2v) is 3.86. The molecule has 0 saturated carbocycles. The summed E-state index contributed by atoms with van der Waals surface area (Å²) >= 11 is 0. The van der Waals surface area contributed by atoms with E-state index in [4.69, 9.17) is 14.7 Å². The summed E-state index contributed by atoms with van der Waals surface area (Å²) in [6.07, 6.45) is 0. The zero-order chi connectivity index (χ0) is 11.5. The lowest BCUT2D eigenvalue weighted by Crippen LogP contribution is -2.23. The summed E-state index contributed by atoms with van der Waals surface area (Å²) in [5.74, 6) is 1.58. The topological polar surface area (TPSA) is 54.3 Å². The van der Waals surface area contributed by atoms with Crippen molar-refractivity contribution in [1.29, 1.82) is 5.26 Å². The van der Waals surface area contributed by atoms with Crippen LogP contribution in [0.2, 0.25) is 0 Å². The average Bonchev–Trinajstić information content (AvgIpc) is 2.72. The van der Waals surface area contributed by atoms with Gasteiger partial charge in [-0.2, -0.15) is 5.26 Å². The predicted octanol–water partition coefficient (Wildman–Crippen LogP) is 1.73. The summed E-state index contributed by atoms with van der Waals surface area (Å²) in [6, 6.07) is 5.93. The molecule has 0 saturated heterocycles. The molecule has 4 nitrogen and oxygen atoms in total. The molecule has 1 atom stereocenters. The van der Waals surface area contributed by atoms with Gasteiger partial charge < -0.3 is 9.47 Å². The van der Waals surface area contributed by atoms with Gasteiger partial charge in [-0.1, -0.05) is 0 Å². The van der Waals surface area contributed by atoms with Crippen molar-refractivity contribution in [2.45, 2.75) is 26.4 Å². The maximum atomic E-state index is 8.68. The Labute approximate surface area is 94.8 Å². The molecular weight excluding hydrogens is 204 g/mol. The Morgan fingerprint density at radius 3 is 2.81 bits per heavy atom. The van der Waals surface area contributed by atoms with Gasteiger partial charge in [0, 0.05) is 6.54 Å². The summed E-state index contributed by atoms with van der Waals surface area (Å²) in [5.41, 5.74) is 2.27. The van der Waals surface area contributed by atoms with Crippen LogP contribution in [0.15, 0.2) is 12.1 Å². The van der Waals surface area contributed by atoms with E-state index in [9.17, 15) is 0 Å². The first-order chi connectivity index (χ1) is 7.70. The number of nitrogens with one attached hydrogen (secondary N) is 1. The number of nitriles is 1. The molecule has 0 aromatic heterocycles. The number of hydrogen-bond acceptors (Lipinski definition) is 4. The van der Waals surface area contributed by atoms with Crippen molar-refractivity contribution in [2.75, 3.05) is 6.79 Å². The molecule has 1 aromatic rings. The number of rotatable bonds is 3. The van der Waals surface area contributed by atoms with Crippen molar-refractivity contribution in [1.82, 2.24) is 5.32 Å². The Bertz CT molecular complexity index is 437. The molecule has 0 amide bonds. The zero-order valence-corrected chi connectivity index (χ0v) is 9.41. The third-order valence-corrected chi connectivity index (χ3v) is 2.62. The normalized spacial score (nSPS) is 14.6. The van der Waals surface area contributed by atoms with E-state index in [1.54, 1.807) is 0 Å². The Balaban J connectivity index is 2.13. The largest absolute Gasteiger partial charge is 0.454 e. The van der Waals surface area contributed by atoms with E-state index in [2.05, 4.69) is 11.4 Å². The van der Waals surface area contributed by atoms with Crippen molar-refractivity contribution in [3.63, 3.8) is 0 Å².